The molecule has 2 aliphatic rings. The molecule has 232 valence electrons. The second kappa shape index (κ2) is 14.4. The number of amides is 2. The van der Waals surface area contributed by atoms with Gasteiger partial charge in [0, 0.05) is 44.8 Å². The standard InChI is InChI=1S/C37H40N4O4/c1-39(22-23-41-27-44-35-17-8-6-15-33(35)36(41)42)25-28-10-9-11-29(24-28)26-40-20-18-31(19-21-40)45-37(43)38-34-16-7-5-14-32(34)30-12-3-2-4-13-30/h2-17,24,31H,18-23,25-27H2,1H3,(H,38,43). The van der Waals surface area contributed by atoms with E-state index in [-0.39, 0.29) is 18.7 Å². The highest BCUT2D eigenvalue weighted by Gasteiger charge is 2.25. The molecule has 0 aromatic heterocycles. The zero-order chi connectivity index (χ0) is 31.0. The Hall–Kier alpha value is -4.66. The van der Waals surface area contributed by atoms with Gasteiger partial charge in [0.05, 0.1) is 11.3 Å². The van der Waals surface area contributed by atoms with E-state index in [1.807, 2.05) is 78.9 Å². The first-order chi connectivity index (χ1) is 22.0. The quantitative estimate of drug-likeness (QED) is 0.223. The van der Waals surface area contributed by atoms with Gasteiger partial charge in [0.1, 0.15) is 11.9 Å². The minimum atomic E-state index is -0.407. The third-order valence-corrected chi connectivity index (χ3v) is 8.44. The van der Waals surface area contributed by atoms with E-state index < -0.39 is 6.09 Å². The van der Waals surface area contributed by atoms with Crippen molar-refractivity contribution in [2.45, 2.75) is 32.0 Å². The molecule has 2 heterocycles. The van der Waals surface area contributed by atoms with E-state index in [4.69, 9.17) is 9.47 Å². The first kappa shape index (κ1) is 30.4. The lowest BCUT2D eigenvalue weighted by atomic mass is 10.0. The van der Waals surface area contributed by atoms with Gasteiger partial charge < -0.3 is 19.3 Å². The molecule has 0 radical (unpaired) electrons. The molecule has 4 aromatic carbocycles. The molecule has 2 amide bonds. The summed E-state index contributed by atoms with van der Waals surface area (Å²) in [6.45, 7) is 5.05. The molecule has 1 fully saturated rings. The van der Waals surface area contributed by atoms with Crippen LogP contribution in [0.3, 0.4) is 0 Å². The molecular weight excluding hydrogens is 564 g/mol. The van der Waals surface area contributed by atoms with Crippen molar-refractivity contribution < 1.29 is 19.1 Å². The zero-order valence-corrected chi connectivity index (χ0v) is 25.7. The first-order valence-corrected chi connectivity index (χ1v) is 15.6. The lowest BCUT2D eigenvalue weighted by molar-refractivity contribution is 0.0496. The predicted molar refractivity (Wildman–Crippen MR) is 176 cm³/mol. The molecule has 0 spiro atoms. The molecule has 0 atom stereocenters. The Labute approximate surface area is 265 Å². The van der Waals surface area contributed by atoms with Crippen LogP contribution in [0.1, 0.15) is 34.3 Å². The summed E-state index contributed by atoms with van der Waals surface area (Å²) in [4.78, 5) is 32.0. The minimum Gasteiger partial charge on any atom is -0.472 e. The molecule has 45 heavy (non-hydrogen) atoms. The molecule has 1 saturated heterocycles. The lowest BCUT2D eigenvalue weighted by Gasteiger charge is -2.32. The van der Waals surface area contributed by atoms with Gasteiger partial charge in [-0.25, -0.2) is 4.79 Å². The highest BCUT2D eigenvalue weighted by Crippen LogP contribution is 2.28. The molecule has 8 heteroatoms. The second-order valence-electron chi connectivity index (χ2n) is 11.8. The van der Waals surface area contributed by atoms with Crippen LogP contribution < -0.4 is 10.1 Å². The van der Waals surface area contributed by atoms with Crippen molar-refractivity contribution in [3.05, 3.63) is 120 Å². The third-order valence-electron chi connectivity index (χ3n) is 8.44. The van der Waals surface area contributed by atoms with E-state index in [1.165, 1.54) is 11.1 Å². The number of rotatable bonds is 10. The van der Waals surface area contributed by atoms with Crippen LogP contribution in [0.25, 0.3) is 11.1 Å². The Balaban J connectivity index is 0.939. The van der Waals surface area contributed by atoms with Gasteiger partial charge in [0.15, 0.2) is 6.73 Å². The zero-order valence-electron chi connectivity index (χ0n) is 25.7. The number of carbonyl (C=O) groups is 2. The van der Waals surface area contributed by atoms with Crippen molar-refractivity contribution in [3.8, 4) is 16.9 Å². The average molecular weight is 605 g/mol. The Morgan fingerprint density at radius 1 is 0.889 bits per heavy atom. The van der Waals surface area contributed by atoms with Gasteiger partial charge in [-0.1, -0.05) is 84.9 Å². The molecule has 0 bridgehead atoms. The van der Waals surface area contributed by atoms with Crippen LogP contribution in [0.4, 0.5) is 10.5 Å². The third kappa shape index (κ3) is 7.90. The molecular formula is C37H40N4O4. The number of hydrogen-bond donors (Lipinski definition) is 1. The van der Waals surface area contributed by atoms with Crippen LogP contribution in [-0.4, -0.2) is 72.8 Å². The van der Waals surface area contributed by atoms with Gasteiger partial charge in [-0.2, -0.15) is 0 Å². The number of carbonyl (C=O) groups excluding carboxylic acids is 2. The van der Waals surface area contributed by atoms with Gasteiger partial charge in [-0.3, -0.25) is 15.0 Å². The number of nitrogens with one attached hydrogen (secondary N) is 1. The van der Waals surface area contributed by atoms with Gasteiger partial charge in [-0.05, 0) is 54.8 Å². The second-order valence-corrected chi connectivity index (χ2v) is 11.8. The molecule has 0 aliphatic carbocycles. The van der Waals surface area contributed by atoms with Crippen LogP contribution in [0.5, 0.6) is 5.75 Å². The summed E-state index contributed by atoms with van der Waals surface area (Å²) in [5.41, 5.74) is 5.90. The fourth-order valence-electron chi connectivity index (χ4n) is 6.02. The summed E-state index contributed by atoms with van der Waals surface area (Å²) in [6.07, 6.45) is 1.10. The van der Waals surface area contributed by atoms with E-state index >= 15 is 0 Å². The summed E-state index contributed by atoms with van der Waals surface area (Å²) in [5.74, 6) is 0.683. The summed E-state index contributed by atoms with van der Waals surface area (Å²) in [5, 5.41) is 2.96. The van der Waals surface area contributed by atoms with Crippen molar-refractivity contribution >= 4 is 17.7 Å². The number of benzene rings is 4. The number of piperidine rings is 1. The Morgan fingerprint density at radius 3 is 2.42 bits per heavy atom. The SMILES string of the molecule is CN(CCN1COc2ccccc2C1=O)Cc1cccc(CN2CCC(OC(=O)Nc3ccccc3-c3ccccc3)CC2)c1. The van der Waals surface area contributed by atoms with Crippen LogP contribution in [0.2, 0.25) is 0 Å². The van der Waals surface area contributed by atoms with E-state index in [9.17, 15) is 9.59 Å². The van der Waals surface area contributed by atoms with Crippen LogP contribution in [0, 0.1) is 0 Å². The predicted octanol–water partition coefficient (Wildman–Crippen LogP) is 6.49. The van der Waals surface area contributed by atoms with Gasteiger partial charge >= 0.3 is 6.09 Å². The van der Waals surface area contributed by atoms with Crippen molar-refractivity contribution in [1.29, 1.82) is 0 Å². The molecule has 1 N–H and O–H groups in total. The number of likely N-dealkylation sites (tertiary alicyclic amines) is 1. The maximum absolute atomic E-state index is 12.8. The van der Waals surface area contributed by atoms with E-state index in [0.717, 1.165) is 62.4 Å². The number of hydrogen-bond acceptors (Lipinski definition) is 6. The van der Waals surface area contributed by atoms with E-state index in [2.05, 4.69) is 46.4 Å². The summed E-state index contributed by atoms with van der Waals surface area (Å²) in [6, 6.07) is 33.9. The molecule has 6 rings (SSSR count). The Morgan fingerprint density at radius 2 is 1.60 bits per heavy atom. The van der Waals surface area contributed by atoms with Crippen molar-refractivity contribution in [3.63, 3.8) is 0 Å². The Bertz CT molecular complexity index is 1600. The molecule has 0 unspecified atom stereocenters. The summed E-state index contributed by atoms with van der Waals surface area (Å²) < 4.78 is 11.6. The van der Waals surface area contributed by atoms with E-state index in [0.29, 0.717) is 17.9 Å². The van der Waals surface area contributed by atoms with Crippen LogP contribution in [0.15, 0.2) is 103 Å². The Kier molecular flexibility index (Phi) is 9.73. The van der Waals surface area contributed by atoms with Crippen molar-refractivity contribution in [2.24, 2.45) is 0 Å². The number of para-hydroxylation sites is 2. The lowest BCUT2D eigenvalue weighted by Crippen LogP contribution is -2.42. The maximum Gasteiger partial charge on any atom is 0.411 e. The number of anilines is 1. The average Bonchev–Trinajstić information content (AvgIpc) is 3.06. The highest BCUT2D eigenvalue weighted by atomic mass is 16.6. The summed E-state index contributed by atoms with van der Waals surface area (Å²) in [7, 11) is 2.08. The number of nitrogens with zero attached hydrogens (tertiary/aromatic N) is 3. The molecule has 0 saturated carbocycles. The van der Waals surface area contributed by atoms with Crippen LogP contribution >= 0.6 is 0 Å². The molecule has 4 aromatic rings. The van der Waals surface area contributed by atoms with E-state index in [1.54, 1.807) is 4.90 Å². The van der Waals surface area contributed by atoms with Crippen molar-refractivity contribution in [1.82, 2.24) is 14.7 Å². The van der Waals surface area contributed by atoms with Gasteiger partial charge in [0.2, 0.25) is 0 Å². The maximum atomic E-state index is 12.8. The highest BCUT2D eigenvalue weighted by molar-refractivity contribution is 5.97. The molecule has 8 nitrogen and oxygen atoms in total. The fraction of sp³-hybridized carbons (Fsp3) is 0.297. The smallest absolute Gasteiger partial charge is 0.411 e. The van der Waals surface area contributed by atoms with Gasteiger partial charge in [0.25, 0.3) is 5.91 Å². The normalized spacial score (nSPS) is 15.4. The van der Waals surface area contributed by atoms with Gasteiger partial charge in [-0.15, -0.1) is 0 Å². The molecule has 2 aliphatic heterocycles. The van der Waals surface area contributed by atoms with Crippen molar-refractivity contribution in [2.75, 3.05) is 45.3 Å². The first-order valence-electron chi connectivity index (χ1n) is 15.6. The monoisotopic (exact) mass is 604 g/mol. The summed E-state index contributed by atoms with van der Waals surface area (Å²) >= 11 is 0. The van der Waals surface area contributed by atoms with Crippen LogP contribution in [-0.2, 0) is 17.8 Å². The number of ether oxygens (including phenoxy) is 2. The minimum absolute atomic E-state index is 0.0236. The fourth-order valence-corrected chi connectivity index (χ4v) is 6.02. The number of fused-ring (bicyclic) bond motifs is 1. The number of likely N-dealkylation sites (N-methyl/N-ethyl adjacent to an activating group) is 1. The topological polar surface area (TPSA) is 74.3 Å². The largest absolute Gasteiger partial charge is 0.472 e.